The van der Waals surface area contributed by atoms with Gasteiger partial charge in [0.05, 0.1) is 17.8 Å². The van der Waals surface area contributed by atoms with Crippen molar-refractivity contribution in [2.24, 2.45) is 5.92 Å². The Morgan fingerprint density at radius 1 is 1.59 bits per heavy atom. The van der Waals surface area contributed by atoms with Crippen LogP contribution >= 0.6 is 0 Å². The van der Waals surface area contributed by atoms with Gasteiger partial charge >= 0.3 is 5.97 Å². The summed E-state index contributed by atoms with van der Waals surface area (Å²) < 4.78 is 0. The fourth-order valence-corrected chi connectivity index (χ4v) is 1.87. The molecule has 0 radical (unpaired) electrons. The monoisotopic (exact) mass is 235 g/mol. The van der Waals surface area contributed by atoms with Crippen molar-refractivity contribution in [1.29, 1.82) is 0 Å². The van der Waals surface area contributed by atoms with Crippen LogP contribution in [0.4, 0.5) is 5.82 Å². The minimum absolute atomic E-state index is 0.0256. The minimum atomic E-state index is -0.771. The lowest BCUT2D eigenvalue weighted by Crippen LogP contribution is -2.26. The summed E-state index contributed by atoms with van der Waals surface area (Å²) in [4.78, 5) is 19.4. The predicted molar refractivity (Wildman–Crippen MR) is 63.9 cm³/mol. The number of aryl methyl sites for hydroxylation is 2. The Kier molecular flexibility index (Phi) is 3.26. The van der Waals surface area contributed by atoms with E-state index in [-0.39, 0.29) is 12.5 Å². The van der Waals surface area contributed by atoms with Gasteiger partial charge in [-0.2, -0.15) is 0 Å². The summed E-state index contributed by atoms with van der Waals surface area (Å²) in [6.45, 7) is 3.75. The zero-order chi connectivity index (χ0) is 12.4. The van der Waals surface area contributed by atoms with E-state index in [1.54, 1.807) is 6.20 Å². The van der Waals surface area contributed by atoms with E-state index in [4.69, 9.17) is 5.11 Å². The van der Waals surface area contributed by atoms with E-state index in [1.807, 2.05) is 13.8 Å². The van der Waals surface area contributed by atoms with E-state index < -0.39 is 5.97 Å². The number of nitrogens with zero attached hydrogens (tertiary/aromatic N) is 2. The molecule has 0 amide bonds. The van der Waals surface area contributed by atoms with Crippen LogP contribution in [0.5, 0.6) is 0 Å². The topological polar surface area (TPSA) is 75.1 Å². The van der Waals surface area contributed by atoms with Crippen LogP contribution in [0.25, 0.3) is 0 Å². The Bertz CT molecular complexity index is 430. The second kappa shape index (κ2) is 4.69. The molecule has 1 saturated carbocycles. The summed E-state index contributed by atoms with van der Waals surface area (Å²) in [7, 11) is 0. The van der Waals surface area contributed by atoms with Crippen LogP contribution in [0.3, 0.4) is 0 Å². The van der Waals surface area contributed by atoms with E-state index in [9.17, 15) is 4.79 Å². The Morgan fingerprint density at radius 3 is 2.88 bits per heavy atom. The van der Waals surface area contributed by atoms with Gasteiger partial charge in [-0.3, -0.25) is 9.78 Å². The second-order valence-corrected chi connectivity index (χ2v) is 4.63. The van der Waals surface area contributed by atoms with Crippen LogP contribution in [0.2, 0.25) is 0 Å². The first-order chi connectivity index (χ1) is 8.06. The third kappa shape index (κ3) is 3.15. The second-order valence-electron chi connectivity index (χ2n) is 4.63. The Hall–Kier alpha value is -1.65. The highest BCUT2D eigenvalue weighted by Gasteiger charge is 2.33. The molecule has 0 aliphatic heterocycles. The number of carboxylic acids is 1. The molecule has 0 aromatic carbocycles. The molecule has 1 heterocycles. The first kappa shape index (κ1) is 11.8. The molecule has 2 N–H and O–H groups in total. The summed E-state index contributed by atoms with van der Waals surface area (Å²) in [5.74, 6) is 0.406. The lowest BCUT2D eigenvalue weighted by Gasteiger charge is -2.18. The maximum Gasteiger partial charge on any atom is 0.305 e. The molecule has 1 aliphatic carbocycles. The first-order valence-electron chi connectivity index (χ1n) is 5.85. The van der Waals surface area contributed by atoms with Gasteiger partial charge in [-0.25, -0.2) is 4.98 Å². The third-order valence-electron chi connectivity index (χ3n) is 2.98. The normalized spacial score (nSPS) is 16.6. The molecule has 0 saturated heterocycles. The van der Waals surface area contributed by atoms with E-state index in [2.05, 4.69) is 15.3 Å². The number of hydrogen-bond acceptors (Lipinski definition) is 4. The summed E-state index contributed by atoms with van der Waals surface area (Å²) in [6.07, 6.45) is 4.05. The van der Waals surface area contributed by atoms with Gasteiger partial charge in [0.2, 0.25) is 0 Å². The third-order valence-corrected chi connectivity index (χ3v) is 2.98. The number of carboxylic acid groups (broad SMARTS) is 1. The molecule has 92 valence electrons. The molecule has 2 rings (SSSR count). The van der Waals surface area contributed by atoms with Gasteiger partial charge in [0, 0.05) is 12.2 Å². The average molecular weight is 235 g/mol. The Balaban J connectivity index is 2.10. The molecule has 17 heavy (non-hydrogen) atoms. The van der Waals surface area contributed by atoms with E-state index in [0.717, 1.165) is 24.2 Å². The van der Waals surface area contributed by atoms with Crippen molar-refractivity contribution in [3.63, 3.8) is 0 Å². The van der Waals surface area contributed by atoms with Gasteiger partial charge in [0.25, 0.3) is 0 Å². The molecular weight excluding hydrogens is 218 g/mol. The molecule has 1 unspecified atom stereocenters. The number of aromatic nitrogens is 2. The van der Waals surface area contributed by atoms with E-state index in [0.29, 0.717) is 11.7 Å². The van der Waals surface area contributed by atoms with Gasteiger partial charge < -0.3 is 10.4 Å². The van der Waals surface area contributed by atoms with Gasteiger partial charge in [-0.05, 0) is 32.6 Å². The number of nitrogens with one attached hydrogen (secondary N) is 1. The van der Waals surface area contributed by atoms with Crippen molar-refractivity contribution in [3.8, 4) is 0 Å². The molecule has 5 heteroatoms. The molecular formula is C12H17N3O2. The highest BCUT2D eigenvalue weighted by atomic mass is 16.4. The smallest absolute Gasteiger partial charge is 0.305 e. The first-order valence-corrected chi connectivity index (χ1v) is 5.85. The van der Waals surface area contributed by atoms with Crippen molar-refractivity contribution in [1.82, 2.24) is 9.97 Å². The van der Waals surface area contributed by atoms with Gasteiger partial charge in [-0.1, -0.05) is 0 Å². The number of hydrogen-bond donors (Lipinski definition) is 2. The molecule has 1 fully saturated rings. The summed E-state index contributed by atoms with van der Waals surface area (Å²) in [6, 6.07) is -0.0256. The SMILES string of the molecule is Cc1cnc(C)c(NC(CC(=O)O)C2CC2)n1. The van der Waals surface area contributed by atoms with Crippen molar-refractivity contribution in [3.05, 3.63) is 17.6 Å². The van der Waals surface area contributed by atoms with Crippen molar-refractivity contribution >= 4 is 11.8 Å². The van der Waals surface area contributed by atoms with E-state index >= 15 is 0 Å². The number of carbonyl (C=O) groups is 1. The van der Waals surface area contributed by atoms with Crippen LogP contribution in [-0.4, -0.2) is 27.1 Å². The number of aliphatic carboxylic acids is 1. The molecule has 0 spiro atoms. The van der Waals surface area contributed by atoms with Crippen molar-refractivity contribution < 1.29 is 9.90 Å². The van der Waals surface area contributed by atoms with Crippen LogP contribution in [0, 0.1) is 19.8 Å². The largest absolute Gasteiger partial charge is 0.481 e. The summed E-state index contributed by atoms with van der Waals surface area (Å²) >= 11 is 0. The van der Waals surface area contributed by atoms with Crippen LogP contribution in [-0.2, 0) is 4.79 Å². The molecule has 1 aromatic heterocycles. The highest BCUT2D eigenvalue weighted by Crippen LogP contribution is 2.35. The summed E-state index contributed by atoms with van der Waals surface area (Å²) in [5.41, 5.74) is 1.65. The molecule has 1 aromatic rings. The molecule has 1 aliphatic rings. The molecule has 0 bridgehead atoms. The lowest BCUT2D eigenvalue weighted by molar-refractivity contribution is -0.137. The zero-order valence-corrected chi connectivity index (χ0v) is 10.1. The maximum absolute atomic E-state index is 10.8. The lowest BCUT2D eigenvalue weighted by atomic mass is 10.1. The van der Waals surface area contributed by atoms with Gasteiger partial charge in [0.15, 0.2) is 0 Å². The number of rotatable bonds is 5. The Morgan fingerprint density at radius 2 is 2.29 bits per heavy atom. The van der Waals surface area contributed by atoms with E-state index in [1.165, 1.54) is 0 Å². The molecule has 5 nitrogen and oxygen atoms in total. The highest BCUT2D eigenvalue weighted by molar-refractivity contribution is 5.68. The minimum Gasteiger partial charge on any atom is -0.481 e. The average Bonchev–Trinajstić information content (AvgIpc) is 3.05. The zero-order valence-electron chi connectivity index (χ0n) is 10.1. The van der Waals surface area contributed by atoms with Crippen molar-refractivity contribution in [2.45, 2.75) is 39.2 Å². The predicted octanol–water partition coefficient (Wildman–Crippen LogP) is 1.76. The Labute approximate surface area is 100 Å². The fourth-order valence-electron chi connectivity index (χ4n) is 1.87. The van der Waals surface area contributed by atoms with Crippen LogP contribution in [0.1, 0.15) is 30.7 Å². The van der Waals surface area contributed by atoms with Gasteiger partial charge in [0.1, 0.15) is 5.82 Å². The standard InChI is InChI=1S/C12H17N3O2/c1-7-6-13-8(2)12(14-7)15-10(5-11(16)17)9-3-4-9/h6,9-10H,3-5H2,1-2H3,(H,14,15)(H,16,17). The number of anilines is 1. The fraction of sp³-hybridized carbons (Fsp3) is 0.583. The van der Waals surface area contributed by atoms with Crippen LogP contribution < -0.4 is 5.32 Å². The van der Waals surface area contributed by atoms with Gasteiger partial charge in [-0.15, -0.1) is 0 Å². The quantitative estimate of drug-likeness (QED) is 0.813. The molecule has 1 atom stereocenters. The maximum atomic E-state index is 10.8. The van der Waals surface area contributed by atoms with Crippen molar-refractivity contribution in [2.75, 3.05) is 5.32 Å². The van der Waals surface area contributed by atoms with Crippen LogP contribution in [0.15, 0.2) is 6.20 Å². The summed E-state index contributed by atoms with van der Waals surface area (Å²) in [5, 5.41) is 12.1.